The van der Waals surface area contributed by atoms with Crippen molar-refractivity contribution >= 4 is 17.1 Å². The number of allylic oxidation sites excluding steroid dienone is 2. The van der Waals surface area contributed by atoms with E-state index in [1.54, 1.807) is 6.20 Å². The predicted molar refractivity (Wildman–Crippen MR) is 125 cm³/mol. The standard InChI is InChI=1S/C28H31NO2/c1-17-14-21-22(28(5,6)13-12-27(21,3)4)15-20(17)18(2)23-11-10-19(16-29-23)26-24(30)8-7-9-25(26)31/h10-16,26H,2,7-9H2,1,3-6H3. The van der Waals surface area contributed by atoms with Gasteiger partial charge in [0.15, 0.2) is 0 Å². The van der Waals surface area contributed by atoms with Crippen molar-refractivity contribution in [2.45, 2.75) is 70.6 Å². The van der Waals surface area contributed by atoms with Crippen LogP contribution in [-0.4, -0.2) is 16.6 Å². The lowest BCUT2D eigenvalue weighted by Crippen LogP contribution is -2.29. The first-order valence-electron chi connectivity index (χ1n) is 11.1. The van der Waals surface area contributed by atoms with Crippen LogP contribution in [0.2, 0.25) is 0 Å². The quantitative estimate of drug-likeness (QED) is 0.459. The summed E-state index contributed by atoms with van der Waals surface area (Å²) < 4.78 is 0. The van der Waals surface area contributed by atoms with Gasteiger partial charge in [-0.1, -0.05) is 58.6 Å². The van der Waals surface area contributed by atoms with Crippen molar-refractivity contribution in [3.63, 3.8) is 0 Å². The van der Waals surface area contributed by atoms with E-state index in [1.807, 2.05) is 12.1 Å². The number of benzene rings is 1. The minimum Gasteiger partial charge on any atom is -0.299 e. The first-order valence-corrected chi connectivity index (χ1v) is 11.1. The number of hydrogen-bond donors (Lipinski definition) is 0. The number of nitrogens with zero attached hydrogens (tertiary/aromatic N) is 1. The fraction of sp³-hybridized carbons (Fsp3) is 0.393. The smallest absolute Gasteiger partial charge is 0.147 e. The molecule has 2 aliphatic carbocycles. The van der Waals surface area contributed by atoms with Crippen LogP contribution in [0, 0.1) is 6.92 Å². The number of aromatic nitrogens is 1. The van der Waals surface area contributed by atoms with E-state index in [2.05, 4.69) is 70.5 Å². The Morgan fingerprint density at radius 2 is 1.55 bits per heavy atom. The minimum atomic E-state index is -0.649. The number of fused-ring (bicyclic) bond motifs is 1. The van der Waals surface area contributed by atoms with Crippen LogP contribution in [0.4, 0.5) is 0 Å². The van der Waals surface area contributed by atoms with Crippen molar-refractivity contribution in [1.29, 1.82) is 0 Å². The van der Waals surface area contributed by atoms with Gasteiger partial charge in [0, 0.05) is 35.4 Å². The molecule has 1 aromatic carbocycles. The average Bonchev–Trinajstić information content (AvgIpc) is 2.71. The van der Waals surface area contributed by atoms with Gasteiger partial charge in [-0.2, -0.15) is 0 Å². The Kier molecular flexibility index (Phi) is 5.12. The summed E-state index contributed by atoms with van der Waals surface area (Å²) in [4.78, 5) is 29.1. The molecule has 3 heteroatoms. The largest absolute Gasteiger partial charge is 0.299 e. The molecule has 1 aromatic heterocycles. The van der Waals surface area contributed by atoms with E-state index in [-0.39, 0.29) is 22.4 Å². The third kappa shape index (κ3) is 3.71. The molecule has 0 amide bonds. The molecule has 0 spiro atoms. The van der Waals surface area contributed by atoms with Crippen molar-refractivity contribution in [1.82, 2.24) is 4.98 Å². The third-order valence-electron chi connectivity index (χ3n) is 6.91. The Morgan fingerprint density at radius 3 is 2.10 bits per heavy atom. The van der Waals surface area contributed by atoms with E-state index in [1.165, 1.54) is 16.7 Å². The van der Waals surface area contributed by atoms with Crippen molar-refractivity contribution in [3.05, 3.63) is 82.7 Å². The number of carbonyl (C=O) groups excluding carboxylic acids is 2. The van der Waals surface area contributed by atoms with Gasteiger partial charge in [0.1, 0.15) is 17.5 Å². The van der Waals surface area contributed by atoms with Crippen LogP contribution in [0.3, 0.4) is 0 Å². The van der Waals surface area contributed by atoms with Crippen molar-refractivity contribution in [2.24, 2.45) is 0 Å². The summed E-state index contributed by atoms with van der Waals surface area (Å²) in [6.07, 6.45) is 7.88. The number of aryl methyl sites for hydroxylation is 1. The Balaban J connectivity index is 1.70. The van der Waals surface area contributed by atoms with E-state index in [9.17, 15) is 9.59 Å². The van der Waals surface area contributed by atoms with E-state index in [0.717, 1.165) is 16.8 Å². The van der Waals surface area contributed by atoms with Crippen molar-refractivity contribution < 1.29 is 9.59 Å². The lowest BCUT2D eigenvalue weighted by molar-refractivity contribution is -0.131. The molecule has 160 valence electrons. The lowest BCUT2D eigenvalue weighted by atomic mass is 9.67. The topological polar surface area (TPSA) is 47.0 Å². The van der Waals surface area contributed by atoms with E-state index in [0.29, 0.717) is 24.8 Å². The molecule has 1 fully saturated rings. The minimum absolute atomic E-state index is 0.00551. The second kappa shape index (κ2) is 7.40. The predicted octanol–water partition coefficient (Wildman–Crippen LogP) is 5.98. The van der Waals surface area contributed by atoms with Crippen LogP contribution < -0.4 is 0 Å². The molecule has 1 saturated carbocycles. The number of ketones is 2. The molecular formula is C28H31NO2. The summed E-state index contributed by atoms with van der Waals surface area (Å²) in [6, 6.07) is 8.31. The number of rotatable bonds is 3. The number of carbonyl (C=O) groups is 2. The van der Waals surface area contributed by atoms with Gasteiger partial charge in [-0.25, -0.2) is 0 Å². The van der Waals surface area contributed by atoms with Gasteiger partial charge in [0.05, 0.1) is 5.69 Å². The van der Waals surface area contributed by atoms with Crippen molar-refractivity contribution in [2.75, 3.05) is 0 Å². The SMILES string of the molecule is C=C(c1ccc(C2C(=O)CCCC2=O)cn1)c1cc2c(cc1C)C(C)(C)C=CC2(C)C. The normalized spacial score (nSPS) is 19.9. The molecule has 0 bridgehead atoms. The molecule has 4 rings (SSSR count). The van der Waals surface area contributed by atoms with Crippen LogP contribution in [0.15, 0.2) is 49.2 Å². The van der Waals surface area contributed by atoms with Gasteiger partial charge in [-0.3, -0.25) is 14.6 Å². The third-order valence-corrected chi connectivity index (χ3v) is 6.91. The molecule has 3 nitrogen and oxygen atoms in total. The van der Waals surface area contributed by atoms with Crippen LogP contribution in [-0.2, 0) is 20.4 Å². The highest BCUT2D eigenvalue weighted by molar-refractivity contribution is 6.09. The molecule has 0 radical (unpaired) electrons. The Labute approximate surface area is 185 Å². The second-order valence-electron chi connectivity index (χ2n) is 10.2. The summed E-state index contributed by atoms with van der Waals surface area (Å²) in [5.41, 5.74) is 7.20. The highest BCUT2D eigenvalue weighted by Crippen LogP contribution is 2.43. The summed E-state index contributed by atoms with van der Waals surface area (Å²) >= 11 is 0. The summed E-state index contributed by atoms with van der Waals surface area (Å²) in [5.74, 6) is -0.634. The van der Waals surface area contributed by atoms with Crippen LogP contribution in [0.5, 0.6) is 0 Å². The highest BCUT2D eigenvalue weighted by Gasteiger charge is 2.34. The maximum atomic E-state index is 12.3. The maximum Gasteiger partial charge on any atom is 0.147 e. The summed E-state index contributed by atoms with van der Waals surface area (Å²) in [6.45, 7) is 15.4. The van der Waals surface area contributed by atoms with E-state index < -0.39 is 5.92 Å². The average molecular weight is 414 g/mol. The highest BCUT2D eigenvalue weighted by atomic mass is 16.2. The Morgan fingerprint density at radius 1 is 0.968 bits per heavy atom. The first-order chi connectivity index (χ1) is 14.5. The Hall–Kier alpha value is -2.81. The molecule has 0 atom stereocenters. The van der Waals surface area contributed by atoms with Gasteiger partial charge in [0.25, 0.3) is 0 Å². The zero-order chi connectivity index (χ0) is 22.6. The van der Waals surface area contributed by atoms with Gasteiger partial charge in [0.2, 0.25) is 0 Å². The molecule has 0 N–H and O–H groups in total. The number of hydrogen-bond acceptors (Lipinski definition) is 3. The van der Waals surface area contributed by atoms with Gasteiger partial charge in [-0.15, -0.1) is 0 Å². The molecule has 0 aliphatic heterocycles. The molecule has 31 heavy (non-hydrogen) atoms. The molecule has 2 aliphatic rings. The van der Waals surface area contributed by atoms with Crippen LogP contribution in [0.25, 0.3) is 5.57 Å². The lowest BCUT2D eigenvalue weighted by Gasteiger charge is -2.37. The molecule has 2 aromatic rings. The second-order valence-corrected chi connectivity index (χ2v) is 10.2. The number of Topliss-reactive ketones (excluding diaryl/α,β-unsaturated/α-hetero) is 2. The fourth-order valence-corrected chi connectivity index (χ4v) is 4.86. The number of pyridine rings is 1. The zero-order valence-corrected chi connectivity index (χ0v) is 19.2. The summed E-state index contributed by atoms with van der Waals surface area (Å²) in [7, 11) is 0. The van der Waals surface area contributed by atoms with Gasteiger partial charge < -0.3 is 0 Å². The van der Waals surface area contributed by atoms with Crippen LogP contribution in [0.1, 0.15) is 86.4 Å². The Bertz CT molecular complexity index is 1100. The zero-order valence-electron chi connectivity index (χ0n) is 19.2. The fourth-order valence-electron chi connectivity index (χ4n) is 4.86. The molecule has 0 unspecified atom stereocenters. The van der Waals surface area contributed by atoms with Crippen molar-refractivity contribution in [3.8, 4) is 0 Å². The van der Waals surface area contributed by atoms with E-state index in [4.69, 9.17) is 0 Å². The monoisotopic (exact) mass is 413 g/mol. The molecular weight excluding hydrogens is 382 g/mol. The van der Waals surface area contributed by atoms with Crippen LogP contribution >= 0.6 is 0 Å². The maximum absolute atomic E-state index is 12.3. The van der Waals surface area contributed by atoms with Gasteiger partial charge in [-0.05, 0) is 53.3 Å². The summed E-state index contributed by atoms with van der Waals surface area (Å²) in [5, 5.41) is 0. The molecule has 0 saturated heterocycles. The van der Waals surface area contributed by atoms with Gasteiger partial charge >= 0.3 is 0 Å². The van der Waals surface area contributed by atoms with E-state index >= 15 is 0 Å². The molecule has 1 heterocycles. The first kappa shape index (κ1) is 21.4.